The maximum atomic E-state index is 11.8. The van der Waals surface area contributed by atoms with Crippen LogP contribution in [0, 0.1) is 0 Å². The van der Waals surface area contributed by atoms with Gasteiger partial charge in [0.25, 0.3) is 0 Å². The molecule has 1 N–H and O–H groups in total. The molecular weight excluding hydrogens is 216 g/mol. The molecule has 17 heavy (non-hydrogen) atoms. The number of rotatable bonds is 3. The van der Waals surface area contributed by atoms with Crippen molar-refractivity contribution in [2.75, 3.05) is 12.4 Å². The highest BCUT2D eigenvalue weighted by Crippen LogP contribution is 2.25. The first-order valence-corrected chi connectivity index (χ1v) is 5.73. The van der Waals surface area contributed by atoms with Gasteiger partial charge in [0.1, 0.15) is 0 Å². The molecule has 1 aliphatic carbocycles. The van der Waals surface area contributed by atoms with Gasteiger partial charge >= 0.3 is 6.03 Å². The van der Waals surface area contributed by atoms with Crippen molar-refractivity contribution in [3.8, 4) is 0 Å². The fourth-order valence-corrected chi connectivity index (χ4v) is 1.63. The van der Waals surface area contributed by atoms with Crippen molar-refractivity contribution in [3.05, 3.63) is 29.8 Å². The third-order valence-corrected chi connectivity index (χ3v) is 2.96. The first-order chi connectivity index (χ1) is 8.08. The third-order valence-electron chi connectivity index (χ3n) is 2.96. The van der Waals surface area contributed by atoms with Gasteiger partial charge in [-0.05, 0) is 44.0 Å². The average Bonchev–Trinajstić information content (AvgIpc) is 3.12. The van der Waals surface area contributed by atoms with E-state index in [0.29, 0.717) is 17.3 Å². The molecule has 2 rings (SSSR count). The van der Waals surface area contributed by atoms with Crippen LogP contribution in [0.25, 0.3) is 0 Å². The number of anilines is 1. The van der Waals surface area contributed by atoms with Gasteiger partial charge < -0.3 is 10.2 Å². The minimum atomic E-state index is -0.0944. The number of amides is 2. The fourth-order valence-electron chi connectivity index (χ4n) is 1.63. The van der Waals surface area contributed by atoms with E-state index < -0.39 is 0 Å². The Hall–Kier alpha value is -1.84. The molecule has 0 atom stereocenters. The molecule has 4 nitrogen and oxygen atoms in total. The van der Waals surface area contributed by atoms with Crippen LogP contribution < -0.4 is 5.32 Å². The highest BCUT2D eigenvalue weighted by Gasteiger charge is 2.29. The Bertz CT molecular complexity index is 435. The lowest BCUT2D eigenvalue weighted by Gasteiger charge is -2.17. The van der Waals surface area contributed by atoms with Crippen LogP contribution in [-0.4, -0.2) is 29.8 Å². The Kier molecular flexibility index (Phi) is 3.13. The van der Waals surface area contributed by atoms with Crippen LogP contribution >= 0.6 is 0 Å². The van der Waals surface area contributed by atoms with Crippen molar-refractivity contribution in [2.45, 2.75) is 25.8 Å². The summed E-state index contributed by atoms with van der Waals surface area (Å²) in [5, 5.41) is 2.80. The number of carbonyl (C=O) groups is 2. The average molecular weight is 232 g/mol. The Morgan fingerprint density at radius 3 is 2.29 bits per heavy atom. The van der Waals surface area contributed by atoms with Gasteiger partial charge in [-0.25, -0.2) is 4.79 Å². The predicted octanol–water partition coefficient (Wildman–Crippen LogP) is 2.52. The summed E-state index contributed by atoms with van der Waals surface area (Å²) < 4.78 is 0. The molecular formula is C13H16N2O2. The molecule has 1 aliphatic rings. The SMILES string of the molecule is CC(=O)c1ccc(NC(=O)N(C)C2CC2)cc1. The molecule has 0 radical (unpaired) electrons. The van der Waals surface area contributed by atoms with Crippen LogP contribution in [0.4, 0.5) is 10.5 Å². The van der Waals surface area contributed by atoms with Crippen LogP contribution in [0.2, 0.25) is 0 Å². The molecule has 0 heterocycles. The number of ketones is 1. The van der Waals surface area contributed by atoms with Crippen LogP contribution in [0.15, 0.2) is 24.3 Å². The Balaban J connectivity index is 1.98. The zero-order chi connectivity index (χ0) is 12.4. The molecule has 1 fully saturated rings. The number of benzene rings is 1. The molecule has 1 aromatic rings. The summed E-state index contributed by atoms with van der Waals surface area (Å²) in [6, 6.07) is 7.23. The molecule has 90 valence electrons. The van der Waals surface area contributed by atoms with Gasteiger partial charge in [0.15, 0.2) is 5.78 Å². The molecule has 0 aromatic heterocycles. The van der Waals surface area contributed by atoms with Crippen LogP contribution in [0.5, 0.6) is 0 Å². The van der Waals surface area contributed by atoms with Gasteiger partial charge in [0, 0.05) is 24.3 Å². The van der Waals surface area contributed by atoms with Gasteiger partial charge in [-0.1, -0.05) is 0 Å². The second-order valence-corrected chi connectivity index (χ2v) is 4.41. The molecule has 2 amide bonds. The summed E-state index contributed by atoms with van der Waals surface area (Å²) in [6.45, 7) is 1.52. The zero-order valence-electron chi connectivity index (χ0n) is 10.1. The highest BCUT2D eigenvalue weighted by molar-refractivity contribution is 5.95. The van der Waals surface area contributed by atoms with E-state index in [1.165, 1.54) is 6.92 Å². The topological polar surface area (TPSA) is 49.4 Å². The van der Waals surface area contributed by atoms with E-state index in [1.54, 1.807) is 36.2 Å². The second-order valence-electron chi connectivity index (χ2n) is 4.41. The highest BCUT2D eigenvalue weighted by atomic mass is 16.2. The van der Waals surface area contributed by atoms with Gasteiger partial charge in [-0.3, -0.25) is 4.79 Å². The van der Waals surface area contributed by atoms with E-state index in [-0.39, 0.29) is 11.8 Å². The summed E-state index contributed by atoms with van der Waals surface area (Å²) in [5.41, 5.74) is 1.37. The standard InChI is InChI=1S/C13H16N2O2/c1-9(16)10-3-5-11(6-4-10)14-13(17)15(2)12-7-8-12/h3-6,12H,7-8H2,1-2H3,(H,14,17). The van der Waals surface area contributed by atoms with Crippen molar-refractivity contribution in [1.29, 1.82) is 0 Å². The fraction of sp³-hybridized carbons (Fsp3) is 0.385. The van der Waals surface area contributed by atoms with Crippen molar-refractivity contribution >= 4 is 17.5 Å². The largest absolute Gasteiger partial charge is 0.325 e. The quantitative estimate of drug-likeness (QED) is 0.814. The number of Topliss-reactive ketones (excluding diaryl/α,β-unsaturated/α-hetero) is 1. The minimum absolute atomic E-state index is 0.0259. The minimum Gasteiger partial charge on any atom is -0.325 e. The molecule has 0 bridgehead atoms. The number of hydrogen-bond donors (Lipinski definition) is 1. The number of nitrogens with one attached hydrogen (secondary N) is 1. The Morgan fingerprint density at radius 2 is 1.82 bits per heavy atom. The van der Waals surface area contributed by atoms with E-state index in [1.807, 2.05) is 0 Å². The van der Waals surface area contributed by atoms with Crippen molar-refractivity contribution in [3.63, 3.8) is 0 Å². The van der Waals surface area contributed by atoms with Crippen LogP contribution in [0.3, 0.4) is 0 Å². The van der Waals surface area contributed by atoms with Gasteiger partial charge in [-0.2, -0.15) is 0 Å². The summed E-state index contributed by atoms with van der Waals surface area (Å²) in [5.74, 6) is 0.0259. The van der Waals surface area contributed by atoms with Gasteiger partial charge in [-0.15, -0.1) is 0 Å². The lowest BCUT2D eigenvalue weighted by molar-refractivity contribution is 0.101. The lowest BCUT2D eigenvalue weighted by atomic mass is 10.1. The number of carbonyl (C=O) groups excluding carboxylic acids is 2. The molecule has 1 aromatic carbocycles. The first-order valence-electron chi connectivity index (χ1n) is 5.73. The monoisotopic (exact) mass is 232 g/mol. The van der Waals surface area contributed by atoms with E-state index in [0.717, 1.165) is 12.8 Å². The molecule has 0 unspecified atom stereocenters. The molecule has 0 spiro atoms. The normalized spacial score (nSPS) is 14.2. The number of nitrogens with zero attached hydrogens (tertiary/aromatic N) is 1. The number of hydrogen-bond acceptors (Lipinski definition) is 2. The molecule has 0 saturated heterocycles. The number of urea groups is 1. The van der Waals surface area contributed by atoms with Crippen LogP contribution in [0.1, 0.15) is 30.1 Å². The summed E-state index contributed by atoms with van der Waals surface area (Å²) in [4.78, 5) is 24.6. The molecule has 4 heteroatoms. The molecule has 1 saturated carbocycles. The molecule has 0 aliphatic heterocycles. The van der Waals surface area contributed by atoms with Gasteiger partial charge in [0.2, 0.25) is 0 Å². The van der Waals surface area contributed by atoms with E-state index in [4.69, 9.17) is 0 Å². The summed E-state index contributed by atoms with van der Waals surface area (Å²) in [7, 11) is 1.80. The summed E-state index contributed by atoms with van der Waals surface area (Å²) >= 11 is 0. The third kappa shape index (κ3) is 2.84. The summed E-state index contributed by atoms with van der Waals surface area (Å²) in [6.07, 6.45) is 2.18. The Labute approximate surface area is 101 Å². The van der Waals surface area contributed by atoms with Gasteiger partial charge in [0.05, 0.1) is 0 Å². The predicted molar refractivity (Wildman–Crippen MR) is 66.3 cm³/mol. The maximum Gasteiger partial charge on any atom is 0.321 e. The van der Waals surface area contributed by atoms with Crippen molar-refractivity contribution < 1.29 is 9.59 Å². The van der Waals surface area contributed by atoms with Crippen LogP contribution in [-0.2, 0) is 0 Å². The van der Waals surface area contributed by atoms with E-state index in [9.17, 15) is 9.59 Å². The van der Waals surface area contributed by atoms with Crippen molar-refractivity contribution in [1.82, 2.24) is 4.90 Å². The van der Waals surface area contributed by atoms with E-state index >= 15 is 0 Å². The van der Waals surface area contributed by atoms with E-state index in [2.05, 4.69) is 5.32 Å². The zero-order valence-corrected chi connectivity index (χ0v) is 10.1. The van der Waals surface area contributed by atoms with Crippen molar-refractivity contribution in [2.24, 2.45) is 0 Å². The second kappa shape index (κ2) is 4.57. The lowest BCUT2D eigenvalue weighted by Crippen LogP contribution is -2.32. The maximum absolute atomic E-state index is 11.8. The Morgan fingerprint density at radius 1 is 1.24 bits per heavy atom. The smallest absolute Gasteiger partial charge is 0.321 e. The first kappa shape index (κ1) is 11.6.